The van der Waals surface area contributed by atoms with Gasteiger partial charge in [0.1, 0.15) is 5.82 Å². The van der Waals surface area contributed by atoms with Crippen molar-refractivity contribution in [3.05, 3.63) is 53.9 Å². The first-order valence-corrected chi connectivity index (χ1v) is 6.01. The monoisotopic (exact) mass is 247 g/mol. The van der Waals surface area contributed by atoms with Crippen LogP contribution in [0.1, 0.15) is 25.1 Å². The van der Waals surface area contributed by atoms with Crippen LogP contribution in [0.25, 0.3) is 0 Å². The van der Waals surface area contributed by atoms with Gasteiger partial charge in [-0.3, -0.25) is 0 Å². The third-order valence-electron chi connectivity index (χ3n) is 2.90. The Bertz CT molecular complexity index is 526. The van der Waals surface area contributed by atoms with Crippen LogP contribution in [0.15, 0.2) is 36.8 Å². The second kappa shape index (κ2) is 4.90. The number of nitrogens with zero attached hydrogens (tertiary/aromatic N) is 2. The van der Waals surface area contributed by atoms with Crippen LogP contribution in [0.3, 0.4) is 0 Å². The van der Waals surface area contributed by atoms with Crippen molar-refractivity contribution in [2.24, 2.45) is 5.73 Å². The van der Waals surface area contributed by atoms with E-state index in [-0.39, 0.29) is 5.82 Å². The first-order valence-electron chi connectivity index (χ1n) is 6.01. The van der Waals surface area contributed by atoms with Crippen molar-refractivity contribution in [2.45, 2.75) is 32.4 Å². The number of imidazole rings is 1. The van der Waals surface area contributed by atoms with Gasteiger partial charge < -0.3 is 10.3 Å². The molecule has 0 spiro atoms. The quantitative estimate of drug-likeness (QED) is 0.902. The number of nitrogens with two attached hydrogens (primary N) is 1. The highest BCUT2D eigenvalue weighted by atomic mass is 19.1. The molecule has 0 atom stereocenters. The Hall–Kier alpha value is -1.68. The fraction of sp³-hybridized carbons (Fsp3) is 0.357. The maximum absolute atomic E-state index is 13.1. The maximum Gasteiger partial charge on any atom is 0.123 e. The van der Waals surface area contributed by atoms with E-state index in [1.165, 1.54) is 6.07 Å². The third-order valence-corrected chi connectivity index (χ3v) is 2.90. The van der Waals surface area contributed by atoms with E-state index in [0.717, 1.165) is 24.2 Å². The van der Waals surface area contributed by atoms with Crippen LogP contribution >= 0.6 is 0 Å². The molecule has 0 saturated heterocycles. The standard InChI is InChI=1S/C14H18FN3/c1-14(2,16)13-9-17-10-18(13)7-6-11-4-3-5-12(15)8-11/h3-5,8-10H,6-7,16H2,1-2H3. The summed E-state index contributed by atoms with van der Waals surface area (Å²) in [6.45, 7) is 4.64. The van der Waals surface area contributed by atoms with E-state index in [0.29, 0.717) is 0 Å². The summed E-state index contributed by atoms with van der Waals surface area (Å²) in [5, 5.41) is 0. The molecule has 0 aliphatic heterocycles. The molecule has 18 heavy (non-hydrogen) atoms. The SMILES string of the molecule is CC(C)(N)c1cncn1CCc1cccc(F)c1. The zero-order chi connectivity index (χ0) is 13.2. The number of hydrogen-bond acceptors (Lipinski definition) is 2. The van der Waals surface area contributed by atoms with Gasteiger partial charge in [0.05, 0.1) is 17.6 Å². The summed E-state index contributed by atoms with van der Waals surface area (Å²) < 4.78 is 15.1. The van der Waals surface area contributed by atoms with Gasteiger partial charge in [-0.15, -0.1) is 0 Å². The van der Waals surface area contributed by atoms with Gasteiger partial charge in [-0.05, 0) is 38.0 Å². The molecule has 0 unspecified atom stereocenters. The topological polar surface area (TPSA) is 43.8 Å². The van der Waals surface area contributed by atoms with Gasteiger partial charge in [0.25, 0.3) is 0 Å². The van der Waals surface area contributed by atoms with Crippen molar-refractivity contribution in [3.8, 4) is 0 Å². The van der Waals surface area contributed by atoms with Crippen molar-refractivity contribution in [3.63, 3.8) is 0 Å². The summed E-state index contributed by atoms with van der Waals surface area (Å²) in [5.74, 6) is -0.197. The summed E-state index contributed by atoms with van der Waals surface area (Å²) in [6.07, 6.45) is 4.31. The molecule has 0 aliphatic carbocycles. The molecule has 3 nitrogen and oxygen atoms in total. The van der Waals surface area contributed by atoms with Crippen LogP contribution in [0.5, 0.6) is 0 Å². The molecule has 2 rings (SSSR count). The van der Waals surface area contributed by atoms with Crippen LogP contribution in [-0.2, 0) is 18.5 Å². The van der Waals surface area contributed by atoms with E-state index in [4.69, 9.17) is 5.73 Å². The molecular formula is C14H18FN3. The minimum Gasteiger partial charge on any atom is -0.333 e. The molecule has 0 amide bonds. The Kier molecular flexibility index (Phi) is 3.48. The minimum absolute atomic E-state index is 0.197. The van der Waals surface area contributed by atoms with E-state index in [1.807, 2.05) is 24.5 Å². The zero-order valence-electron chi connectivity index (χ0n) is 10.7. The predicted molar refractivity (Wildman–Crippen MR) is 69.5 cm³/mol. The molecule has 1 heterocycles. The normalized spacial score (nSPS) is 11.8. The van der Waals surface area contributed by atoms with Gasteiger partial charge in [-0.2, -0.15) is 0 Å². The molecule has 0 bridgehead atoms. The lowest BCUT2D eigenvalue weighted by atomic mass is 10.0. The molecule has 0 radical (unpaired) electrons. The number of halogens is 1. The van der Waals surface area contributed by atoms with Crippen molar-refractivity contribution >= 4 is 0 Å². The average Bonchev–Trinajstić information content (AvgIpc) is 2.74. The highest BCUT2D eigenvalue weighted by Crippen LogP contribution is 2.16. The van der Waals surface area contributed by atoms with Crippen LogP contribution in [0.4, 0.5) is 4.39 Å². The molecule has 2 aromatic rings. The van der Waals surface area contributed by atoms with Gasteiger partial charge in [-0.1, -0.05) is 12.1 Å². The number of aryl methyl sites for hydroxylation is 2. The molecular weight excluding hydrogens is 229 g/mol. The number of benzene rings is 1. The Labute approximate surface area is 106 Å². The summed E-state index contributed by atoms with van der Waals surface area (Å²) in [4.78, 5) is 4.13. The largest absolute Gasteiger partial charge is 0.333 e. The fourth-order valence-corrected chi connectivity index (χ4v) is 1.98. The summed E-state index contributed by atoms with van der Waals surface area (Å²) in [7, 11) is 0. The summed E-state index contributed by atoms with van der Waals surface area (Å²) in [5.41, 5.74) is 7.62. The van der Waals surface area contributed by atoms with Gasteiger partial charge in [0.15, 0.2) is 0 Å². The van der Waals surface area contributed by atoms with Crippen molar-refractivity contribution in [1.29, 1.82) is 0 Å². The fourth-order valence-electron chi connectivity index (χ4n) is 1.98. The Morgan fingerprint density at radius 3 is 2.83 bits per heavy atom. The third kappa shape index (κ3) is 2.96. The molecule has 0 aliphatic rings. The highest BCUT2D eigenvalue weighted by Gasteiger charge is 2.18. The van der Waals surface area contributed by atoms with Crippen LogP contribution in [0, 0.1) is 5.82 Å². The van der Waals surface area contributed by atoms with Crippen LogP contribution in [-0.4, -0.2) is 9.55 Å². The lowest BCUT2D eigenvalue weighted by molar-refractivity contribution is 0.491. The van der Waals surface area contributed by atoms with E-state index < -0.39 is 5.54 Å². The second-order valence-electron chi connectivity index (χ2n) is 5.07. The number of hydrogen-bond donors (Lipinski definition) is 1. The summed E-state index contributed by atoms with van der Waals surface area (Å²) >= 11 is 0. The average molecular weight is 247 g/mol. The van der Waals surface area contributed by atoms with Crippen LogP contribution < -0.4 is 5.73 Å². The predicted octanol–water partition coefficient (Wildman–Crippen LogP) is 2.46. The molecule has 1 aromatic heterocycles. The van der Waals surface area contributed by atoms with Crippen LogP contribution in [0.2, 0.25) is 0 Å². The van der Waals surface area contributed by atoms with E-state index in [2.05, 4.69) is 4.98 Å². The number of rotatable bonds is 4. The molecule has 4 heteroatoms. The lowest BCUT2D eigenvalue weighted by Crippen LogP contribution is -2.31. The maximum atomic E-state index is 13.1. The highest BCUT2D eigenvalue weighted by molar-refractivity contribution is 5.17. The van der Waals surface area contributed by atoms with Crippen molar-refractivity contribution < 1.29 is 4.39 Å². The number of aromatic nitrogens is 2. The first kappa shape index (κ1) is 12.8. The van der Waals surface area contributed by atoms with Gasteiger partial charge in [0.2, 0.25) is 0 Å². The molecule has 96 valence electrons. The first-order chi connectivity index (χ1) is 8.47. The zero-order valence-corrected chi connectivity index (χ0v) is 10.7. The lowest BCUT2D eigenvalue weighted by Gasteiger charge is -2.20. The van der Waals surface area contributed by atoms with Gasteiger partial charge in [0, 0.05) is 12.7 Å². The summed E-state index contributed by atoms with van der Waals surface area (Å²) in [6, 6.07) is 6.67. The second-order valence-corrected chi connectivity index (χ2v) is 5.07. The molecule has 1 aromatic carbocycles. The van der Waals surface area contributed by atoms with E-state index in [9.17, 15) is 4.39 Å². The van der Waals surface area contributed by atoms with Crippen molar-refractivity contribution in [2.75, 3.05) is 0 Å². The van der Waals surface area contributed by atoms with Gasteiger partial charge >= 0.3 is 0 Å². The Balaban J connectivity index is 2.09. The minimum atomic E-state index is -0.418. The van der Waals surface area contributed by atoms with Crippen molar-refractivity contribution in [1.82, 2.24) is 9.55 Å². The molecule has 0 saturated carbocycles. The molecule has 0 fully saturated rings. The molecule has 2 N–H and O–H groups in total. The van der Waals surface area contributed by atoms with Gasteiger partial charge in [-0.25, -0.2) is 9.37 Å². The Morgan fingerprint density at radius 1 is 1.39 bits per heavy atom. The van der Waals surface area contributed by atoms with E-state index >= 15 is 0 Å². The smallest absolute Gasteiger partial charge is 0.123 e. The van der Waals surface area contributed by atoms with E-state index in [1.54, 1.807) is 24.7 Å². The Morgan fingerprint density at radius 2 is 2.17 bits per heavy atom.